The third-order valence-corrected chi connectivity index (χ3v) is 5.42. The highest BCUT2D eigenvalue weighted by atomic mass is 32.1. The van der Waals surface area contributed by atoms with Crippen molar-refractivity contribution >= 4 is 28.2 Å². The molecule has 3 rings (SSSR count). The van der Waals surface area contributed by atoms with Gasteiger partial charge < -0.3 is 11.1 Å². The summed E-state index contributed by atoms with van der Waals surface area (Å²) >= 11 is 1.35. The van der Waals surface area contributed by atoms with Gasteiger partial charge in [0, 0.05) is 4.88 Å². The van der Waals surface area contributed by atoms with Gasteiger partial charge in [-0.2, -0.15) is 0 Å². The fraction of sp³-hybridized carbons (Fsp3) is 0.182. The van der Waals surface area contributed by atoms with Crippen molar-refractivity contribution in [2.75, 3.05) is 5.32 Å². The summed E-state index contributed by atoms with van der Waals surface area (Å²) in [6.07, 6.45) is 0.245. The van der Waals surface area contributed by atoms with Gasteiger partial charge in [0.1, 0.15) is 5.00 Å². The predicted molar refractivity (Wildman–Crippen MR) is 111 cm³/mol. The van der Waals surface area contributed by atoms with Gasteiger partial charge in [-0.3, -0.25) is 9.59 Å². The molecule has 27 heavy (non-hydrogen) atoms. The second-order valence-corrected chi connectivity index (χ2v) is 7.76. The van der Waals surface area contributed by atoms with Crippen LogP contribution < -0.4 is 11.1 Å². The molecule has 0 fully saturated rings. The van der Waals surface area contributed by atoms with Crippen molar-refractivity contribution < 1.29 is 9.59 Å². The van der Waals surface area contributed by atoms with Crippen LogP contribution in [0, 0.1) is 0 Å². The maximum atomic E-state index is 12.5. The molecule has 5 heteroatoms. The van der Waals surface area contributed by atoms with E-state index >= 15 is 0 Å². The molecule has 1 heterocycles. The first-order chi connectivity index (χ1) is 12.9. The van der Waals surface area contributed by atoms with Crippen LogP contribution >= 0.6 is 11.3 Å². The first kappa shape index (κ1) is 18.9. The van der Waals surface area contributed by atoms with Crippen molar-refractivity contribution in [3.05, 3.63) is 77.4 Å². The van der Waals surface area contributed by atoms with Gasteiger partial charge in [0.25, 0.3) is 5.91 Å². The number of primary amides is 1. The molecule has 0 bridgehead atoms. The maximum Gasteiger partial charge on any atom is 0.251 e. The number of nitrogens with one attached hydrogen (secondary N) is 1. The first-order valence-corrected chi connectivity index (χ1v) is 9.63. The number of rotatable bonds is 6. The Balaban J connectivity index is 1.77. The van der Waals surface area contributed by atoms with E-state index in [9.17, 15) is 9.59 Å². The molecule has 0 aliphatic carbocycles. The topological polar surface area (TPSA) is 72.2 Å². The average Bonchev–Trinajstić information content (AvgIpc) is 3.07. The highest BCUT2D eigenvalue weighted by Crippen LogP contribution is 2.35. The maximum absolute atomic E-state index is 12.5. The third kappa shape index (κ3) is 4.63. The van der Waals surface area contributed by atoms with Gasteiger partial charge in [0.15, 0.2) is 0 Å². The van der Waals surface area contributed by atoms with Crippen LogP contribution in [-0.4, -0.2) is 11.8 Å². The highest BCUT2D eigenvalue weighted by Gasteiger charge is 2.17. The quantitative estimate of drug-likeness (QED) is 0.645. The molecule has 0 spiro atoms. The number of hydrogen-bond donors (Lipinski definition) is 2. The molecule has 1 aromatic heterocycles. The van der Waals surface area contributed by atoms with Gasteiger partial charge in [0.2, 0.25) is 5.91 Å². The van der Waals surface area contributed by atoms with Crippen LogP contribution in [0.3, 0.4) is 0 Å². The second-order valence-electron chi connectivity index (χ2n) is 6.70. The van der Waals surface area contributed by atoms with E-state index in [2.05, 4.69) is 19.2 Å². The Morgan fingerprint density at radius 1 is 1.04 bits per heavy atom. The van der Waals surface area contributed by atoms with Gasteiger partial charge >= 0.3 is 0 Å². The van der Waals surface area contributed by atoms with E-state index in [-0.39, 0.29) is 12.3 Å². The predicted octanol–water partition coefficient (Wildman–Crippen LogP) is 4.82. The first-order valence-electron chi connectivity index (χ1n) is 8.82. The second kappa shape index (κ2) is 8.18. The van der Waals surface area contributed by atoms with Gasteiger partial charge in [-0.15, -0.1) is 11.3 Å². The lowest BCUT2D eigenvalue weighted by atomic mass is 10.0. The molecule has 2 aromatic carbocycles. The number of hydrogen-bond acceptors (Lipinski definition) is 3. The Kier molecular flexibility index (Phi) is 5.72. The van der Waals surface area contributed by atoms with Gasteiger partial charge in [-0.1, -0.05) is 68.4 Å². The molecule has 138 valence electrons. The molecular weight excluding hydrogens is 356 g/mol. The number of carbonyl (C=O) groups is 2. The van der Waals surface area contributed by atoms with Crippen molar-refractivity contribution in [1.29, 1.82) is 0 Å². The van der Waals surface area contributed by atoms with E-state index in [0.29, 0.717) is 16.5 Å². The minimum atomic E-state index is -0.551. The number of benzene rings is 2. The van der Waals surface area contributed by atoms with Crippen molar-refractivity contribution in [2.45, 2.75) is 26.2 Å². The molecule has 0 aliphatic heterocycles. The van der Waals surface area contributed by atoms with Crippen molar-refractivity contribution in [2.24, 2.45) is 5.73 Å². The lowest BCUT2D eigenvalue weighted by Gasteiger charge is -2.07. The summed E-state index contributed by atoms with van der Waals surface area (Å²) in [6, 6.07) is 19.4. The Morgan fingerprint density at radius 2 is 1.70 bits per heavy atom. The molecule has 0 aliphatic rings. The van der Waals surface area contributed by atoms with Gasteiger partial charge in [0.05, 0.1) is 12.0 Å². The van der Waals surface area contributed by atoms with Crippen molar-refractivity contribution in [3.63, 3.8) is 0 Å². The lowest BCUT2D eigenvalue weighted by Crippen LogP contribution is -2.17. The van der Waals surface area contributed by atoms with Gasteiger partial charge in [-0.05, 0) is 28.7 Å². The summed E-state index contributed by atoms with van der Waals surface area (Å²) in [5.41, 5.74) is 8.98. The summed E-state index contributed by atoms with van der Waals surface area (Å²) in [4.78, 5) is 25.1. The van der Waals surface area contributed by atoms with Crippen LogP contribution in [-0.2, 0) is 11.2 Å². The van der Waals surface area contributed by atoms with Crippen molar-refractivity contribution in [3.8, 4) is 10.4 Å². The Hall–Kier alpha value is -2.92. The average molecular weight is 378 g/mol. The monoisotopic (exact) mass is 378 g/mol. The summed E-state index contributed by atoms with van der Waals surface area (Å²) in [5, 5.41) is 3.34. The summed E-state index contributed by atoms with van der Waals surface area (Å²) < 4.78 is 0. The number of thiophene rings is 1. The molecule has 0 unspecified atom stereocenters. The van der Waals surface area contributed by atoms with E-state index in [1.165, 1.54) is 16.9 Å². The van der Waals surface area contributed by atoms with Crippen LogP contribution in [0.15, 0.2) is 60.7 Å². The van der Waals surface area contributed by atoms with E-state index in [1.807, 2.05) is 54.6 Å². The van der Waals surface area contributed by atoms with Crippen LogP contribution in [0.5, 0.6) is 0 Å². The van der Waals surface area contributed by atoms with E-state index < -0.39 is 5.91 Å². The molecule has 0 saturated heterocycles. The number of anilines is 1. The molecule has 0 atom stereocenters. The number of nitrogens with two attached hydrogens (primary N) is 1. The fourth-order valence-electron chi connectivity index (χ4n) is 2.79. The van der Waals surface area contributed by atoms with Crippen molar-refractivity contribution in [1.82, 2.24) is 0 Å². The minimum absolute atomic E-state index is 0.170. The molecule has 4 nitrogen and oxygen atoms in total. The standard InChI is InChI=1S/C22H22N2O2S/c1-14(2)16-10-8-15(9-11-16)12-20(25)24-22-18(21(23)26)13-19(27-22)17-6-4-3-5-7-17/h3-11,13-14H,12H2,1-2H3,(H2,23,26)(H,24,25). The molecule has 3 aromatic rings. The van der Waals surface area contributed by atoms with Gasteiger partial charge in [-0.25, -0.2) is 0 Å². The zero-order valence-corrected chi connectivity index (χ0v) is 16.2. The van der Waals surface area contributed by atoms with Crippen LogP contribution in [0.25, 0.3) is 10.4 Å². The number of carbonyl (C=O) groups excluding carboxylic acids is 2. The van der Waals surface area contributed by atoms with Crippen LogP contribution in [0.4, 0.5) is 5.00 Å². The molecule has 2 amide bonds. The zero-order valence-electron chi connectivity index (χ0n) is 15.4. The Bertz CT molecular complexity index is 944. The van der Waals surface area contributed by atoms with E-state index in [4.69, 9.17) is 5.73 Å². The van der Waals surface area contributed by atoms with E-state index in [0.717, 1.165) is 16.0 Å². The molecule has 3 N–H and O–H groups in total. The van der Waals surface area contributed by atoms with Crippen LogP contribution in [0.1, 0.15) is 41.3 Å². The molecule has 0 saturated carbocycles. The largest absolute Gasteiger partial charge is 0.366 e. The Morgan fingerprint density at radius 3 is 2.30 bits per heavy atom. The third-order valence-electron chi connectivity index (χ3n) is 4.32. The minimum Gasteiger partial charge on any atom is -0.366 e. The fourth-order valence-corrected chi connectivity index (χ4v) is 3.87. The summed E-state index contributed by atoms with van der Waals surface area (Å²) in [5.74, 6) is -0.269. The summed E-state index contributed by atoms with van der Waals surface area (Å²) in [6.45, 7) is 4.27. The molecule has 0 radical (unpaired) electrons. The smallest absolute Gasteiger partial charge is 0.251 e. The normalized spacial score (nSPS) is 10.8. The highest BCUT2D eigenvalue weighted by molar-refractivity contribution is 7.20. The van der Waals surface area contributed by atoms with Crippen LogP contribution in [0.2, 0.25) is 0 Å². The van der Waals surface area contributed by atoms with E-state index in [1.54, 1.807) is 6.07 Å². The summed E-state index contributed by atoms with van der Waals surface area (Å²) in [7, 11) is 0. The zero-order chi connectivity index (χ0) is 19.4. The SMILES string of the molecule is CC(C)c1ccc(CC(=O)Nc2sc(-c3ccccc3)cc2C(N)=O)cc1. The number of amides is 2. The lowest BCUT2D eigenvalue weighted by molar-refractivity contribution is -0.115. The molecular formula is C22H22N2O2S. The Labute approximate surface area is 163 Å².